The lowest BCUT2D eigenvalue weighted by Gasteiger charge is -2.12. The lowest BCUT2D eigenvalue weighted by Crippen LogP contribution is -2.32. The van der Waals surface area contributed by atoms with Crippen molar-refractivity contribution in [3.63, 3.8) is 0 Å². The molecule has 0 amide bonds. The summed E-state index contributed by atoms with van der Waals surface area (Å²) in [7, 11) is 0. The van der Waals surface area contributed by atoms with Crippen molar-refractivity contribution in [3.8, 4) is 0 Å². The molecule has 0 spiro atoms. The molecule has 1 aromatic rings. The summed E-state index contributed by atoms with van der Waals surface area (Å²) >= 11 is 0. The molecule has 0 aliphatic carbocycles. The molecule has 0 atom stereocenters. The molecule has 230 valence electrons. The van der Waals surface area contributed by atoms with E-state index in [9.17, 15) is 5.11 Å². The zero-order chi connectivity index (χ0) is 31.5. The van der Waals surface area contributed by atoms with Gasteiger partial charge in [0, 0.05) is 34.4 Å². The van der Waals surface area contributed by atoms with Crippen LogP contribution in [0.25, 0.3) is 11.1 Å². The first-order valence-corrected chi connectivity index (χ1v) is 16.8. The molecule has 8 bridgehead atoms. The Hall–Kier alpha value is -3.99. The first-order valence-electron chi connectivity index (χ1n) is 16.8. The van der Waals surface area contributed by atoms with Gasteiger partial charge in [-0.1, -0.05) is 48.5 Å². The van der Waals surface area contributed by atoms with E-state index < -0.39 is 0 Å². The van der Waals surface area contributed by atoms with Crippen LogP contribution in [0.4, 0.5) is 0 Å². The largest absolute Gasteiger partial charge is 0.516 e. The Bertz CT molecular complexity index is 1820. The van der Waals surface area contributed by atoms with Crippen LogP contribution in [0, 0.1) is 0 Å². The standard InChI is InChI=1S/C39H48N4O/c1-9-24-31(18-17-23-44)37-28(13-5)34-21-19-32(40-34)27(12-4)33-20-22-35(41-33)29(14-6)38-25(10-2)26(11-3)39(43(38)16-8)30(15-7)36(24)42-37/h17-23,44H,9-16H2,1-8H3. The normalized spacial score (nSPS) is 19.1. The Kier molecular flexibility index (Phi) is 9.53. The van der Waals surface area contributed by atoms with Crippen LogP contribution in [0.1, 0.15) is 98.6 Å². The van der Waals surface area contributed by atoms with E-state index in [1.165, 1.54) is 44.1 Å². The third-order valence-corrected chi connectivity index (χ3v) is 9.37. The number of aliphatic hydroxyl groups is 1. The minimum Gasteiger partial charge on any atom is -0.516 e. The van der Waals surface area contributed by atoms with Gasteiger partial charge >= 0.3 is 0 Å². The van der Waals surface area contributed by atoms with Crippen molar-refractivity contribution in [1.29, 1.82) is 0 Å². The highest BCUT2D eigenvalue weighted by atomic mass is 16.2. The molecule has 5 rings (SSSR count). The Morgan fingerprint density at radius 1 is 0.591 bits per heavy atom. The SMILES string of the molecule is CCC1=C2C=CC(=N2)C(CC)=c2c(CC)c(CC)c(n2CC)=C(CC)C2=C(CC)C(=CC=CO)C(=N2)C(CC)=C2C=CC1=N2. The highest BCUT2D eigenvalue weighted by molar-refractivity contribution is 6.27. The summed E-state index contributed by atoms with van der Waals surface area (Å²) in [5.74, 6) is 0. The lowest BCUT2D eigenvalue weighted by atomic mass is 9.91. The molecule has 0 radical (unpaired) electrons. The molecular weight excluding hydrogens is 540 g/mol. The van der Waals surface area contributed by atoms with Crippen molar-refractivity contribution >= 4 is 28.3 Å². The molecule has 44 heavy (non-hydrogen) atoms. The fourth-order valence-electron chi connectivity index (χ4n) is 7.43. The van der Waals surface area contributed by atoms with Crippen LogP contribution in [-0.2, 0) is 19.4 Å². The van der Waals surface area contributed by atoms with Crippen LogP contribution in [-0.4, -0.2) is 26.8 Å². The summed E-state index contributed by atoms with van der Waals surface area (Å²) in [6.45, 7) is 18.9. The van der Waals surface area contributed by atoms with Gasteiger partial charge in [-0.05, 0) is 105 Å². The molecule has 5 nitrogen and oxygen atoms in total. The second-order valence-corrected chi connectivity index (χ2v) is 11.4. The van der Waals surface area contributed by atoms with Crippen molar-refractivity contribution in [2.24, 2.45) is 15.0 Å². The van der Waals surface area contributed by atoms with Gasteiger partial charge < -0.3 is 9.67 Å². The quantitative estimate of drug-likeness (QED) is 0.290. The number of aliphatic imine (C=N–C) groups is 3. The predicted octanol–water partition coefficient (Wildman–Crippen LogP) is 8.23. The Morgan fingerprint density at radius 3 is 1.61 bits per heavy atom. The average molecular weight is 589 g/mol. The lowest BCUT2D eigenvalue weighted by molar-refractivity contribution is 0.473. The van der Waals surface area contributed by atoms with Crippen LogP contribution in [0.5, 0.6) is 0 Å². The van der Waals surface area contributed by atoms with Crippen molar-refractivity contribution in [2.75, 3.05) is 0 Å². The molecule has 0 saturated heterocycles. The summed E-state index contributed by atoms with van der Waals surface area (Å²) < 4.78 is 2.57. The van der Waals surface area contributed by atoms with Crippen molar-refractivity contribution < 1.29 is 5.11 Å². The van der Waals surface area contributed by atoms with Gasteiger partial charge in [0.05, 0.1) is 51.2 Å². The topological polar surface area (TPSA) is 62.2 Å². The number of aromatic nitrogens is 1. The van der Waals surface area contributed by atoms with Crippen molar-refractivity contribution in [1.82, 2.24) is 4.57 Å². The number of aliphatic hydroxyl groups excluding tert-OH is 1. The highest BCUT2D eigenvalue weighted by Crippen LogP contribution is 2.39. The maximum Gasteiger partial charge on any atom is 0.0791 e. The molecule has 0 fully saturated rings. The minimum atomic E-state index is 0.798. The Balaban J connectivity index is 2.08. The zero-order valence-corrected chi connectivity index (χ0v) is 27.9. The molecular formula is C39H48N4O. The summed E-state index contributed by atoms with van der Waals surface area (Å²) in [6, 6.07) is 0. The molecule has 5 heterocycles. The first kappa shape index (κ1) is 31.4. The molecule has 0 unspecified atom stereocenters. The van der Waals surface area contributed by atoms with Gasteiger partial charge in [-0.2, -0.15) is 0 Å². The fourth-order valence-corrected chi connectivity index (χ4v) is 7.43. The zero-order valence-electron chi connectivity index (χ0n) is 27.9. The smallest absolute Gasteiger partial charge is 0.0791 e. The molecule has 4 aliphatic rings. The first-order chi connectivity index (χ1) is 21.5. The summed E-state index contributed by atoms with van der Waals surface area (Å²) in [5, 5.41) is 12.4. The van der Waals surface area contributed by atoms with Gasteiger partial charge in [-0.15, -0.1) is 0 Å². The number of fused-ring (bicyclic) bond motifs is 5. The second-order valence-electron chi connectivity index (χ2n) is 11.4. The van der Waals surface area contributed by atoms with E-state index >= 15 is 0 Å². The average Bonchev–Trinajstić information content (AvgIpc) is 3.83. The van der Waals surface area contributed by atoms with Crippen LogP contribution >= 0.6 is 0 Å². The van der Waals surface area contributed by atoms with Crippen LogP contribution in [0.15, 0.2) is 97.1 Å². The van der Waals surface area contributed by atoms with Crippen LogP contribution < -0.4 is 10.7 Å². The molecule has 0 saturated carbocycles. The molecule has 0 aromatic carbocycles. The number of hydrogen-bond donors (Lipinski definition) is 1. The Labute approximate surface area is 263 Å². The highest BCUT2D eigenvalue weighted by Gasteiger charge is 2.30. The number of rotatable bonds is 9. The van der Waals surface area contributed by atoms with Gasteiger partial charge in [0.2, 0.25) is 0 Å². The van der Waals surface area contributed by atoms with Crippen LogP contribution in [0.2, 0.25) is 0 Å². The van der Waals surface area contributed by atoms with Crippen molar-refractivity contribution in [3.05, 3.63) is 104 Å². The maximum atomic E-state index is 9.70. The van der Waals surface area contributed by atoms with Gasteiger partial charge in [0.25, 0.3) is 0 Å². The van der Waals surface area contributed by atoms with Gasteiger partial charge in [0.1, 0.15) is 0 Å². The van der Waals surface area contributed by atoms with E-state index in [2.05, 4.69) is 84.3 Å². The van der Waals surface area contributed by atoms with E-state index in [1.54, 1.807) is 6.08 Å². The summed E-state index contributed by atoms with van der Waals surface area (Å²) in [6.07, 6.45) is 19.7. The van der Waals surface area contributed by atoms with Gasteiger partial charge in [0.15, 0.2) is 0 Å². The Morgan fingerprint density at radius 2 is 1.11 bits per heavy atom. The van der Waals surface area contributed by atoms with E-state index in [0.717, 1.165) is 103 Å². The van der Waals surface area contributed by atoms with E-state index in [0.29, 0.717) is 0 Å². The third-order valence-electron chi connectivity index (χ3n) is 9.37. The van der Waals surface area contributed by atoms with Gasteiger partial charge in [-0.3, -0.25) is 0 Å². The molecule has 1 aromatic heterocycles. The third kappa shape index (κ3) is 5.00. The number of allylic oxidation sites excluding steroid dienone is 11. The molecule has 4 aliphatic heterocycles. The van der Waals surface area contributed by atoms with E-state index in [1.807, 2.05) is 6.08 Å². The molecule has 1 N–H and O–H groups in total. The molecule has 5 heteroatoms. The maximum absolute atomic E-state index is 9.70. The monoisotopic (exact) mass is 588 g/mol. The second kappa shape index (κ2) is 13.3. The number of nitrogens with zero attached hydrogens (tertiary/aromatic N) is 4. The summed E-state index contributed by atoms with van der Waals surface area (Å²) in [5.41, 5.74) is 16.1. The fraction of sp³-hybridized carbons (Fsp3) is 0.410. The van der Waals surface area contributed by atoms with Gasteiger partial charge in [-0.25, -0.2) is 15.0 Å². The predicted molar refractivity (Wildman–Crippen MR) is 188 cm³/mol. The van der Waals surface area contributed by atoms with Crippen molar-refractivity contribution in [2.45, 2.75) is 107 Å². The van der Waals surface area contributed by atoms with E-state index in [4.69, 9.17) is 15.0 Å². The minimum absolute atomic E-state index is 0.798. The van der Waals surface area contributed by atoms with Crippen LogP contribution in [0.3, 0.4) is 0 Å². The van der Waals surface area contributed by atoms with E-state index in [-0.39, 0.29) is 0 Å². The summed E-state index contributed by atoms with van der Waals surface area (Å²) in [4.78, 5) is 16.0. The number of hydrogen-bond acceptors (Lipinski definition) is 4.